The highest BCUT2D eigenvalue weighted by Gasteiger charge is 2.13. The van der Waals surface area contributed by atoms with E-state index >= 15 is 0 Å². The van der Waals surface area contributed by atoms with Crippen molar-refractivity contribution < 1.29 is 0 Å². The molecule has 2 aromatic heterocycles. The van der Waals surface area contributed by atoms with E-state index in [1.807, 2.05) is 12.4 Å². The van der Waals surface area contributed by atoms with Crippen LogP contribution in [0.25, 0.3) is 0 Å². The summed E-state index contributed by atoms with van der Waals surface area (Å²) in [5.41, 5.74) is 2.49. The molecule has 5 heteroatoms. The molecule has 0 amide bonds. The Labute approximate surface area is 131 Å². The number of hydrogen-bond acceptors (Lipinski definition) is 5. The predicted molar refractivity (Wildman–Crippen MR) is 89.7 cm³/mol. The largest absolute Gasteiger partial charge is 0.344 e. The molecule has 0 aliphatic carbocycles. The van der Waals surface area contributed by atoms with Crippen LogP contribution in [-0.2, 0) is 13.1 Å². The van der Waals surface area contributed by atoms with Crippen molar-refractivity contribution in [3.63, 3.8) is 0 Å². The van der Waals surface area contributed by atoms with E-state index in [2.05, 4.69) is 60.4 Å². The summed E-state index contributed by atoms with van der Waals surface area (Å²) in [7, 11) is 0. The lowest BCUT2D eigenvalue weighted by Crippen LogP contribution is -2.35. The Morgan fingerprint density at radius 1 is 1.24 bits per heavy atom. The van der Waals surface area contributed by atoms with Crippen molar-refractivity contribution in [2.75, 3.05) is 11.4 Å². The number of nitrogens with zero attached hydrogens (tertiary/aromatic N) is 3. The smallest absolute Gasteiger partial charge is 0.185 e. The van der Waals surface area contributed by atoms with Gasteiger partial charge in [-0.2, -0.15) is 0 Å². The molecule has 4 nitrogen and oxygen atoms in total. The van der Waals surface area contributed by atoms with Gasteiger partial charge in [0.1, 0.15) is 0 Å². The number of nitrogens with one attached hydrogen (secondary N) is 1. The van der Waals surface area contributed by atoms with Crippen LogP contribution in [0, 0.1) is 0 Å². The molecule has 1 N–H and O–H groups in total. The van der Waals surface area contributed by atoms with E-state index in [0.717, 1.165) is 30.5 Å². The number of rotatable bonds is 6. The maximum Gasteiger partial charge on any atom is 0.185 e. The van der Waals surface area contributed by atoms with Gasteiger partial charge in [0.05, 0.1) is 5.69 Å². The third-order valence-corrected chi connectivity index (χ3v) is 4.06. The van der Waals surface area contributed by atoms with Crippen molar-refractivity contribution >= 4 is 16.5 Å². The van der Waals surface area contributed by atoms with Crippen molar-refractivity contribution in [1.82, 2.24) is 15.3 Å². The Morgan fingerprint density at radius 2 is 1.95 bits per heavy atom. The summed E-state index contributed by atoms with van der Waals surface area (Å²) in [6, 6.07) is 4.11. The first kappa shape index (κ1) is 15.9. The van der Waals surface area contributed by atoms with Crippen molar-refractivity contribution in [2.45, 2.75) is 46.3 Å². The zero-order valence-corrected chi connectivity index (χ0v) is 14.1. The normalized spacial score (nSPS) is 11.6. The Balaban J connectivity index is 2.01. The molecule has 2 heterocycles. The third-order valence-electron chi connectivity index (χ3n) is 3.11. The predicted octanol–water partition coefficient (Wildman–Crippen LogP) is 3.45. The first-order valence-electron chi connectivity index (χ1n) is 7.31. The lowest BCUT2D eigenvalue weighted by Gasteiger charge is -2.20. The molecule has 114 valence electrons. The summed E-state index contributed by atoms with van der Waals surface area (Å²) < 4.78 is 0. The molecule has 0 saturated heterocycles. The second kappa shape index (κ2) is 7.00. The minimum Gasteiger partial charge on any atom is -0.344 e. The molecule has 0 aliphatic heterocycles. The van der Waals surface area contributed by atoms with Gasteiger partial charge in [-0.1, -0.05) is 0 Å². The summed E-state index contributed by atoms with van der Waals surface area (Å²) in [5.74, 6) is 0. The van der Waals surface area contributed by atoms with Gasteiger partial charge in [0, 0.05) is 42.9 Å². The molecule has 2 rings (SSSR count). The van der Waals surface area contributed by atoms with Gasteiger partial charge < -0.3 is 10.2 Å². The summed E-state index contributed by atoms with van der Waals surface area (Å²) in [4.78, 5) is 11.1. The Hall–Kier alpha value is -1.46. The number of anilines is 1. The molecule has 0 fully saturated rings. The van der Waals surface area contributed by atoms with Gasteiger partial charge in [0.15, 0.2) is 5.13 Å². The van der Waals surface area contributed by atoms with Crippen molar-refractivity contribution in [3.8, 4) is 0 Å². The van der Waals surface area contributed by atoms with Gasteiger partial charge in [-0.15, -0.1) is 11.3 Å². The molecule has 0 bridgehead atoms. The van der Waals surface area contributed by atoms with E-state index in [0.29, 0.717) is 0 Å². The summed E-state index contributed by atoms with van der Waals surface area (Å²) in [6.07, 6.45) is 3.67. The van der Waals surface area contributed by atoms with Crippen LogP contribution in [0.4, 0.5) is 5.13 Å². The van der Waals surface area contributed by atoms with E-state index in [9.17, 15) is 0 Å². The molecular formula is C16H24N4S. The summed E-state index contributed by atoms with van der Waals surface area (Å²) >= 11 is 1.71. The molecule has 0 aliphatic rings. The van der Waals surface area contributed by atoms with Crippen LogP contribution in [0.5, 0.6) is 0 Å². The van der Waals surface area contributed by atoms with Gasteiger partial charge in [0.2, 0.25) is 0 Å². The molecule has 0 radical (unpaired) electrons. The highest BCUT2D eigenvalue weighted by Crippen LogP contribution is 2.22. The second-order valence-corrected chi connectivity index (χ2v) is 6.93. The minimum absolute atomic E-state index is 0.116. The van der Waals surface area contributed by atoms with Crippen LogP contribution in [0.1, 0.15) is 39.0 Å². The first-order chi connectivity index (χ1) is 9.98. The average Bonchev–Trinajstić information content (AvgIpc) is 2.92. The zero-order chi connectivity index (χ0) is 15.3. The summed E-state index contributed by atoms with van der Waals surface area (Å²) in [6.45, 7) is 11.3. The fourth-order valence-electron chi connectivity index (χ4n) is 1.90. The monoisotopic (exact) mass is 304 g/mol. The van der Waals surface area contributed by atoms with Gasteiger partial charge in [-0.25, -0.2) is 4.98 Å². The number of pyridine rings is 1. The average molecular weight is 304 g/mol. The molecular weight excluding hydrogens is 280 g/mol. The Morgan fingerprint density at radius 3 is 2.57 bits per heavy atom. The molecule has 2 aromatic rings. The number of aromatic nitrogens is 2. The molecule has 0 atom stereocenters. The van der Waals surface area contributed by atoms with Crippen LogP contribution in [0.15, 0.2) is 29.9 Å². The fraction of sp³-hybridized carbons (Fsp3) is 0.500. The SMILES string of the molecule is CCN(Cc1ccncc1)c1nc(CNC(C)(C)C)cs1. The lowest BCUT2D eigenvalue weighted by molar-refractivity contribution is 0.422. The van der Waals surface area contributed by atoms with Crippen LogP contribution >= 0.6 is 11.3 Å². The molecule has 0 aromatic carbocycles. The highest BCUT2D eigenvalue weighted by atomic mass is 32.1. The Kier molecular flexibility index (Phi) is 5.31. The maximum absolute atomic E-state index is 4.75. The highest BCUT2D eigenvalue weighted by molar-refractivity contribution is 7.13. The second-order valence-electron chi connectivity index (χ2n) is 6.09. The Bertz CT molecular complexity index is 545. The van der Waals surface area contributed by atoms with Gasteiger partial charge in [-0.05, 0) is 45.4 Å². The molecule has 21 heavy (non-hydrogen) atoms. The van der Waals surface area contributed by atoms with E-state index in [4.69, 9.17) is 4.98 Å². The van der Waals surface area contributed by atoms with E-state index in [-0.39, 0.29) is 5.54 Å². The van der Waals surface area contributed by atoms with Gasteiger partial charge in [-0.3, -0.25) is 4.98 Å². The van der Waals surface area contributed by atoms with Gasteiger partial charge >= 0.3 is 0 Å². The van der Waals surface area contributed by atoms with Crippen LogP contribution in [0.3, 0.4) is 0 Å². The first-order valence-corrected chi connectivity index (χ1v) is 8.19. The van der Waals surface area contributed by atoms with E-state index in [1.54, 1.807) is 11.3 Å². The molecule has 0 spiro atoms. The van der Waals surface area contributed by atoms with Crippen molar-refractivity contribution in [3.05, 3.63) is 41.2 Å². The number of thiazole rings is 1. The number of hydrogen-bond donors (Lipinski definition) is 1. The topological polar surface area (TPSA) is 41.1 Å². The fourth-order valence-corrected chi connectivity index (χ4v) is 2.79. The molecule has 0 unspecified atom stereocenters. The van der Waals surface area contributed by atoms with Crippen LogP contribution in [-0.4, -0.2) is 22.1 Å². The third kappa shape index (κ3) is 5.10. The maximum atomic E-state index is 4.75. The quantitative estimate of drug-likeness (QED) is 0.887. The van der Waals surface area contributed by atoms with E-state index in [1.165, 1.54) is 5.56 Å². The van der Waals surface area contributed by atoms with Crippen LogP contribution in [0.2, 0.25) is 0 Å². The van der Waals surface area contributed by atoms with Crippen molar-refractivity contribution in [2.24, 2.45) is 0 Å². The van der Waals surface area contributed by atoms with Gasteiger partial charge in [0.25, 0.3) is 0 Å². The zero-order valence-electron chi connectivity index (χ0n) is 13.3. The standard InChI is InChI=1S/C16H24N4S/c1-5-20(11-13-6-8-17-9-7-13)15-19-14(12-21-15)10-18-16(2,3)4/h6-9,12,18H,5,10-11H2,1-4H3. The van der Waals surface area contributed by atoms with Crippen LogP contribution < -0.4 is 10.2 Å². The van der Waals surface area contributed by atoms with Crippen molar-refractivity contribution in [1.29, 1.82) is 0 Å². The minimum atomic E-state index is 0.116. The summed E-state index contributed by atoms with van der Waals surface area (Å²) in [5, 5.41) is 6.70. The lowest BCUT2D eigenvalue weighted by atomic mass is 10.1. The molecule has 0 saturated carbocycles. The van der Waals surface area contributed by atoms with E-state index < -0.39 is 0 Å².